The van der Waals surface area contributed by atoms with Gasteiger partial charge in [-0.25, -0.2) is 8.78 Å². The van der Waals surface area contributed by atoms with E-state index in [2.05, 4.69) is 4.98 Å². The lowest BCUT2D eigenvalue weighted by Crippen LogP contribution is -2.04. The number of aliphatic carboxylic acids is 1. The lowest BCUT2D eigenvalue weighted by molar-refractivity contribution is -0.136. The third-order valence-electron chi connectivity index (χ3n) is 1.65. The Bertz CT molecular complexity index is 398. The molecular weight excluding hydrogens is 232 g/mol. The molecule has 15 heavy (non-hydrogen) atoms. The van der Waals surface area contributed by atoms with Crippen LogP contribution in [0.4, 0.5) is 8.78 Å². The van der Waals surface area contributed by atoms with Gasteiger partial charge in [0.05, 0.1) is 22.7 Å². The van der Waals surface area contributed by atoms with Gasteiger partial charge in [-0.05, 0) is 0 Å². The van der Waals surface area contributed by atoms with Gasteiger partial charge in [0.1, 0.15) is 0 Å². The molecule has 0 unspecified atom stereocenters. The number of pyridine rings is 1. The number of nitrogens with zero attached hydrogens (tertiary/aromatic N) is 1. The first-order valence-corrected chi connectivity index (χ1v) is 4.17. The number of hydrogen-bond donors (Lipinski definition) is 2. The fourth-order valence-corrected chi connectivity index (χ4v) is 1.19. The van der Waals surface area contributed by atoms with Crippen LogP contribution in [-0.4, -0.2) is 21.2 Å². The van der Waals surface area contributed by atoms with E-state index in [1.807, 2.05) is 0 Å². The summed E-state index contributed by atoms with van der Waals surface area (Å²) in [5.74, 6) is -1.95. The molecule has 0 saturated carbocycles. The van der Waals surface area contributed by atoms with Crippen molar-refractivity contribution < 1.29 is 23.8 Å². The first-order chi connectivity index (χ1) is 6.93. The Balaban J connectivity index is 3.15. The molecule has 0 fully saturated rings. The highest BCUT2D eigenvalue weighted by Gasteiger charge is 2.19. The summed E-state index contributed by atoms with van der Waals surface area (Å²) >= 11 is 5.41. The van der Waals surface area contributed by atoms with Gasteiger partial charge in [-0.2, -0.15) is 0 Å². The number of halogens is 3. The molecule has 0 atom stereocenters. The summed E-state index contributed by atoms with van der Waals surface area (Å²) in [6, 6.07) is 0. The molecule has 1 heterocycles. The molecule has 0 spiro atoms. The van der Waals surface area contributed by atoms with Gasteiger partial charge in [-0.15, -0.1) is 0 Å². The third kappa shape index (κ3) is 2.53. The van der Waals surface area contributed by atoms with Gasteiger partial charge in [-0.1, -0.05) is 11.6 Å². The lowest BCUT2D eigenvalue weighted by atomic mass is 10.2. The zero-order valence-corrected chi connectivity index (χ0v) is 8.00. The van der Waals surface area contributed by atoms with Gasteiger partial charge in [0.25, 0.3) is 6.43 Å². The fourth-order valence-electron chi connectivity index (χ4n) is 0.953. The zero-order valence-electron chi connectivity index (χ0n) is 7.25. The van der Waals surface area contributed by atoms with E-state index >= 15 is 0 Å². The molecule has 0 amide bonds. The van der Waals surface area contributed by atoms with Crippen LogP contribution in [-0.2, 0) is 11.2 Å². The summed E-state index contributed by atoms with van der Waals surface area (Å²) in [6.45, 7) is 0. The van der Waals surface area contributed by atoms with E-state index in [1.54, 1.807) is 0 Å². The van der Waals surface area contributed by atoms with E-state index in [0.29, 0.717) is 0 Å². The number of aromatic hydroxyl groups is 1. The highest BCUT2D eigenvalue weighted by Crippen LogP contribution is 2.34. The van der Waals surface area contributed by atoms with Crippen LogP contribution in [0.5, 0.6) is 5.75 Å². The number of alkyl halides is 2. The zero-order chi connectivity index (χ0) is 11.6. The second-order valence-electron chi connectivity index (χ2n) is 2.69. The first kappa shape index (κ1) is 11.6. The summed E-state index contributed by atoms with van der Waals surface area (Å²) in [4.78, 5) is 13.7. The number of rotatable bonds is 3. The van der Waals surface area contributed by atoms with Crippen LogP contribution in [0.2, 0.25) is 5.02 Å². The number of aromatic nitrogens is 1. The van der Waals surface area contributed by atoms with Gasteiger partial charge in [0, 0.05) is 6.20 Å². The van der Waals surface area contributed by atoms with Crippen molar-refractivity contribution in [3.63, 3.8) is 0 Å². The van der Waals surface area contributed by atoms with Gasteiger partial charge in [0.2, 0.25) is 0 Å². The topological polar surface area (TPSA) is 70.4 Å². The predicted molar refractivity (Wildman–Crippen MR) is 47.2 cm³/mol. The van der Waals surface area contributed by atoms with Gasteiger partial charge in [0.15, 0.2) is 5.75 Å². The molecule has 0 aromatic carbocycles. The number of carboxylic acids is 1. The van der Waals surface area contributed by atoms with Crippen molar-refractivity contribution >= 4 is 17.6 Å². The maximum atomic E-state index is 12.3. The molecule has 1 rings (SSSR count). The minimum absolute atomic E-state index is 0.239. The standard InChI is InChI=1S/C8H6ClF2NO3/c9-6-3(8(10)11)2-12-4(7(6)15)1-5(13)14/h2,8,15H,1H2,(H,13,14). The van der Waals surface area contributed by atoms with Crippen LogP contribution in [0, 0.1) is 0 Å². The van der Waals surface area contributed by atoms with E-state index in [1.165, 1.54) is 0 Å². The maximum absolute atomic E-state index is 12.3. The normalized spacial score (nSPS) is 10.7. The van der Waals surface area contributed by atoms with E-state index < -0.39 is 35.2 Å². The molecule has 1 aromatic heterocycles. The quantitative estimate of drug-likeness (QED) is 0.844. The molecule has 1 aromatic rings. The first-order valence-electron chi connectivity index (χ1n) is 3.79. The van der Waals surface area contributed by atoms with Crippen LogP contribution in [0.1, 0.15) is 17.7 Å². The highest BCUT2D eigenvalue weighted by atomic mass is 35.5. The summed E-state index contributed by atoms with van der Waals surface area (Å²) in [7, 11) is 0. The van der Waals surface area contributed by atoms with Crippen molar-refractivity contribution in [2.75, 3.05) is 0 Å². The monoisotopic (exact) mass is 237 g/mol. The minimum atomic E-state index is -2.87. The average Bonchev–Trinajstić information content (AvgIpc) is 2.12. The van der Waals surface area contributed by atoms with Crippen LogP contribution >= 0.6 is 11.6 Å². The molecular formula is C8H6ClF2NO3. The molecule has 2 N–H and O–H groups in total. The van der Waals surface area contributed by atoms with Crippen molar-refractivity contribution in [1.29, 1.82) is 0 Å². The van der Waals surface area contributed by atoms with Crippen molar-refractivity contribution in [3.8, 4) is 5.75 Å². The molecule has 0 saturated heterocycles. The van der Waals surface area contributed by atoms with E-state index in [9.17, 15) is 18.7 Å². The minimum Gasteiger partial charge on any atom is -0.505 e. The number of hydrogen-bond acceptors (Lipinski definition) is 3. The molecule has 82 valence electrons. The predicted octanol–water partition coefficient (Wildman–Crippen LogP) is 2.01. The second kappa shape index (κ2) is 4.39. The molecule has 0 aliphatic carbocycles. The smallest absolute Gasteiger partial charge is 0.309 e. The lowest BCUT2D eigenvalue weighted by Gasteiger charge is -2.07. The Morgan fingerprint density at radius 2 is 2.20 bits per heavy atom. The highest BCUT2D eigenvalue weighted by molar-refractivity contribution is 6.32. The molecule has 0 aliphatic rings. The summed E-state index contributed by atoms with van der Waals surface area (Å²) in [5, 5.41) is 17.1. The molecule has 7 heteroatoms. The van der Waals surface area contributed by atoms with Crippen molar-refractivity contribution in [1.82, 2.24) is 4.98 Å². The Hall–Kier alpha value is -1.43. The van der Waals surface area contributed by atoms with Crippen LogP contribution in [0.3, 0.4) is 0 Å². The maximum Gasteiger partial charge on any atom is 0.309 e. The molecule has 0 bridgehead atoms. The summed E-state index contributed by atoms with van der Waals surface area (Å²) in [6.07, 6.45) is -2.69. The van der Waals surface area contributed by atoms with Gasteiger partial charge < -0.3 is 10.2 Å². The van der Waals surface area contributed by atoms with Crippen molar-refractivity contribution in [2.24, 2.45) is 0 Å². The van der Waals surface area contributed by atoms with E-state index in [0.717, 1.165) is 6.20 Å². The number of carbonyl (C=O) groups is 1. The Labute approximate surface area is 88.1 Å². The Morgan fingerprint density at radius 3 is 2.67 bits per heavy atom. The Morgan fingerprint density at radius 1 is 1.60 bits per heavy atom. The molecule has 4 nitrogen and oxygen atoms in total. The fraction of sp³-hybridized carbons (Fsp3) is 0.250. The van der Waals surface area contributed by atoms with Crippen molar-refractivity contribution in [2.45, 2.75) is 12.8 Å². The average molecular weight is 238 g/mol. The number of carboxylic acid groups (broad SMARTS) is 1. The molecule has 0 radical (unpaired) electrons. The third-order valence-corrected chi connectivity index (χ3v) is 2.05. The van der Waals surface area contributed by atoms with E-state index in [-0.39, 0.29) is 5.69 Å². The summed E-state index contributed by atoms with van der Waals surface area (Å²) < 4.78 is 24.5. The molecule has 0 aliphatic heterocycles. The Kier molecular flexibility index (Phi) is 3.41. The van der Waals surface area contributed by atoms with Crippen molar-refractivity contribution in [3.05, 3.63) is 22.5 Å². The van der Waals surface area contributed by atoms with E-state index in [4.69, 9.17) is 16.7 Å². The van der Waals surface area contributed by atoms with Crippen LogP contribution in [0.25, 0.3) is 0 Å². The van der Waals surface area contributed by atoms with Crippen LogP contribution in [0.15, 0.2) is 6.20 Å². The summed E-state index contributed by atoms with van der Waals surface area (Å²) in [5.41, 5.74) is -0.861. The van der Waals surface area contributed by atoms with Gasteiger partial charge >= 0.3 is 5.97 Å². The largest absolute Gasteiger partial charge is 0.505 e. The van der Waals surface area contributed by atoms with Crippen LogP contribution < -0.4 is 0 Å². The second-order valence-corrected chi connectivity index (χ2v) is 3.07. The van der Waals surface area contributed by atoms with Gasteiger partial charge in [-0.3, -0.25) is 9.78 Å². The SMILES string of the molecule is O=C(O)Cc1ncc(C(F)F)c(Cl)c1O.